The second-order valence-electron chi connectivity index (χ2n) is 3.77. The van der Waals surface area contributed by atoms with Gasteiger partial charge in [0.15, 0.2) is 0 Å². The summed E-state index contributed by atoms with van der Waals surface area (Å²) in [5, 5.41) is 8.87. The molecule has 2 heteroatoms. The van der Waals surface area contributed by atoms with Crippen LogP contribution in [0.2, 0.25) is 0 Å². The number of carboxylic acids is 1. The van der Waals surface area contributed by atoms with Crippen molar-refractivity contribution in [2.75, 3.05) is 0 Å². The molecule has 14 heavy (non-hydrogen) atoms. The van der Waals surface area contributed by atoms with Gasteiger partial charge in [-0.25, -0.2) is 0 Å². The minimum Gasteiger partial charge on any atom is -0.481 e. The number of hydrogen-bond acceptors (Lipinski definition) is 1. The molecule has 74 valence electrons. The predicted octanol–water partition coefficient (Wildman–Crippen LogP) is 2.81. The van der Waals surface area contributed by atoms with Crippen molar-refractivity contribution in [3.8, 4) is 0 Å². The summed E-state index contributed by atoms with van der Waals surface area (Å²) in [5.74, 6) is -0.815. The number of benzene rings is 1. The van der Waals surface area contributed by atoms with Crippen LogP contribution in [0.25, 0.3) is 6.08 Å². The topological polar surface area (TPSA) is 37.3 Å². The Labute approximate surface area is 83.9 Å². The average Bonchev–Trinajstić information content (AvgIpc) is 2.16. The maximum Gasteiger partial charge on any atom is 0.312 e. The van der Waals surface area contributed by atoms with Crippen LogP contribution in [0.15, 0.2) is 36.4 Å². The summed E-state index contributed by atoms with van der Waals surface area (Å²) in [7, 11) is 0. The molecule has 0 aliphatic carbocycles. The fourth-order valence-corrected chi connectivity index (χ4v) is 0.940. The van der Waals surface area contributed by atoms with E-state index in [2.05, 4.69) is 0 Å². The normalized spacial score (nSPS) is 11.9. The third-order valence-electron chi connectivity index (χ3n) is 2.04. The van der Waals surface area contributed by atoms with Gasteiger partial charge in [-0.2, -0.15) is 0 Å². The van der Waals surface area contributed by atoms with E-state index in [1.165, 1.54) is 0 Å². The molecule has 0 heterocycles. The van der Waals surface area contributed by atoms with E-state index in [-0.39, 0.29) is 0 Å². The van der Waals surface area contributed by atoms with Crippen LogP contribution in [0.4, 0.5) is 0 Å². The van der Waals surface area contributed by atoms with Gasteiger partial charge in [-0.15, -0.1) is 0 Å². The first-order valence-corrected chi connectivity index (χ1v) is 4.50. The lowest BCUT2D eigenvalue weighted by atomic mass is 9.92. The van der Waals surface area contributed by atoms with Crippen molar-refractivity contribution >= 4 is 12.0 Å². The van der Waals surface area contributed by atoms with Crippen LogP contribution in [0.1, 0.15) is 19.4 Å². The summed E-state index contributed by atoms with van der Waals surface area (Å²) < 4.78 is 0. The molecule has 0 saturated carbocycles. The molecular weight excluding hydrogens is 176 g/mol. The van der Waals surface area contributed by atoms with E-state index in [4.69, 9.17) is 5.11 Å². The van der Waals surface area contributed by atoms with E-state index in [0.717, 1.165) is 5.56 Å². The maximum atomic E-state index is 10.8. The summed E-state index contributed by atoms with van der Waals surface area (Å²) in [6.45, 7) is 3.35. The van der Waals surface area contributed by atoms with E-state index in [9.17, 15) is 4.79 Å². The summed E-state index contributed by atoms with van der Waals surface area (Å²) in [6.07, 6.45) is 3.53. The van der Waals surface area contributed by atoms with Crippen molar-refractivity contribution in [3.05, 3.63) is 42.0 Å². The molecule has 0 saturated heterocycles. The predicted molar refractivity (Wildman–Crippen MR) is 56.9 cm³/mol. The van der Waals surface area contributed by atoms with Crippen molar-refractivity contribution in [3.63, 3.8) is 0 Å². The first-order valence-electron chi connectivity index (χ1n) is 4.50. The van der Waals surface area contributed by atoms with Gasteiger partial charge in [0, 0.05) is 0 Å². The van der Waals surface area contributed by atoms with E-state index >= 15 is 0 Å². The van der Waals surface area contributed by atoms with Crippen molar-refractivity contribution in [1.29, 1.82) is 0 Å². The van der Waals surface area contributed by atoms with Gasteiger partial charge in [0.05, 0.1) is 5.41 Å². The second-order valence-corrected chi connectivity index (χ2v) is 3.77. The highest BCUT2D eigenvalue weighted by Crippen LogP contribution is 2.18. The SMILES string of the molecule is CC(C)(/C=C/c1ccccc1)C(=O)O. The highest BCUT2D eigenvalue weighted by molar-refractivity contribution is 5.77. The Morgan fingerprint density at radius 3 is 2.36 bits per heavy atom. The van der Waals surface area contributed by atoms with Crippen molar-refractivity contribution in [2.45, 2.75) is 13.8 Å². The van der Waals surface area contributed by atoms with Crippen LogP contribution in [0.5, 0.6) is 0 Å². The fourth-order valence-electron chi connectivity index (χ4n) is 0.940. The lowest BCUT2D eigenvalue weighted by molar-refractivity contribution is -0.144. The van der Waals surface area contributed by atoms with Gasteiger partial charge in [0.1, 0.15) is 0 Å². The van der Waals surface area contributed by atoms with Crippen LogP contribution >= 0.6 is 0 Å². The Kier molecular flexibility index (Phi) is 3.07. The molecule has 0 aliphatic heterocycles. The smallest absolute Gasteiger partial charge is 0.312 e. The largest absolute Gasteiger partial charge is 0.481 e. The average molecular weight is 190 g/mol. The number of rotatable bonds is 3. The second kappa shape index (κ2) is 4.09. The molecule has 0 amide bonds. The molecule has 2 nitrogen and oxygen atoms in total. The number of hydrogen-bond donors (Lipinski definition) is 1. The summed E-state index contributed by atoms with van der Waals surface area (Å²) >= 11 is 0. The highest BCUT2D eigenvalue weighted by atomic mass is 16.4. The van der Waals surface area contributed by atoms with Crippen LogP contribution < -0.4 is 0 Å². The van der Waals surface area contributed by atoms with Gasteiger partial charge in [0.25, 0.3) is 0 Å². The molecule has 0 spiro atoms. The van der Waals surface area contributed by atoms with E-state index < -0.39 is 11.4 Å². The molecule has 0 aromatic heterocycles. The minimum absolute atomic E-state index is 0.810. The molecular formula is C12H14O2. The Hall–Kier alpha value is -1.57. The van der Waals surface area contributed by atoms with Crippen LogP contribution in [0, 0.1) is 5.41 Å². The van der Waals surface area contributed by atoms with Gasteiger partial charge in [-0.1, -0.05) is 42.5 Å². The zero-order valence-corrected chi connectivity index (χ0v) is 8.40. The number of carboxylic acid groups (broad SMARTS) is 1. The molecule has 0 radical (unpaired) electrons. The fraction of sp³-hybridized carbons (Fsp3) is 0.250. The minimum atomic E-state index is -0.815. The molecule has 0 fully saturated rings. The monoisotopic (exact) mass is 190 g/mol. The van der Waals surface area contributed by atoms with Gasteiger partial charge in [-0.05, 0) is 19.4 Å². The molecule has 0 unspecified atom stereocenters. The zero-order chi connectivity index (χ0) is 10.6. The molecule has 0 bridgehead atoms. The van der Waals surface area contributed by atoms with Crippen LogP contribution in [-0.2, 0) is 4.79 Å². The Morgan fingerprint density at radius 1 is 1.29 bits per heavy atom. The van der Waals surface area contributed by atoms with E-state index in [1.807, 2.05) is 36.4 Å². The molecule has 0 aliphatic rings. The van der Waals surface area contributed by atoms with Gasteiger partial charge in [-0.3, -0.25) is 4.79 Å². The number of carbonyl (C=O) groups is 1. The lowest BCUT2D eigenvalue weighted by Gasteiger charge is -2.12. The summed E-state index contributed by atoms with van der Waals surface area (Å²) in [4.78, 5) is 10.8. The van der Waals surface area contributed by atoms with E-state index in [0.29, 0.717) is 0 Å². The van der Waals surface area contributed by atoms with Gasteiger partial charge in [0.2, 0.25) is 0 Å². The Balaban J connectivity index is 2.79. The van der Waals surface area contributed by atoms with Crippen LogP contribution in [0.3, 0.4) is 0 Å². The highest BCUT2D eigenvalue weighted by Gasteiger charge is 2.22. The molecule has 1 rings (SSSR count). The third-order valence-corrected chi connectivity index (χ3v) is 2.04. The van der Waals surface area contributed by atoms with Crippen LogP contribution in [-0.4, -0.2) is 11.1 Å². The zero-order valence-electron chi connectivity index (χ0n) is 8.40. The summed E-state index contributed by atoms with van der Waals surface area (Å²) in [6, 6.07) is 9.66. The van der Waals surface area contributed by atoms with Crippen molar-refractivity contribution < 1.29 is 9.90 Å². The Bertz CT molecular complexity index is 337. The van der Waals surface area contributed by atoms with E-state index in [1.54, 1.807) is 19.9 Å². The van der Waals surface area contributed by atoms with Gasteiger partial charge < -0.3 is 5.11 Å². The van der Waals surface area contributed by atoms with Gasteiger partial charge >= 0.3 is 5.97 Å². The molecule has 0 atom stereocenters. The van der Waals surface area contributed by atoms with Crippen molar-refractivity contribution in [1.82, 2.24) is 0 Å². The molecule has 1 aromatic carbocycles. The van der Waals surface area contributed by atoms with Crippen molar-refractivity contribution in [2.24, 2.45) is 5.41 Å². The standard InChI is InChI=1S/C12H14O2/c1-12(2,11(13)14)9-8-10-6-4-3-5-7-10/h3-9H,1-2H3,(H,13,14)/b9-8+. The third kappa shape index (κ3) is 2.73. The Morgan fingerprint density at radius 2 is 1.86 bits per heavy atom. The first-order chi connectivity index (χ1) is 6.52. The quantitative estimate of drug-likeness (QED) is 0.795. The summed E-state index contributed by atoms with van der Waals surface area (Å²) in [5.41, 5.74) is 0.206. The lowest BCUT2D eigenvalue weighted by Crippen LogP contribution is -2.20. The molecule has 1 aromatic rings. The number of aliphatic carboxylic acids is 1. The first kappa shape index (κ1) is 10.5. The molecule has 1 N–H and O–H groups in total. The maximum absolute atomic E-state index is 10.8.